The lowest BCUT2D eigenvalue weighted by Gasteiger charge is -2.01. The van der Waals surface area contributed by atoms with Gasteiger partial charge in [0.15, 0.2) is 0 Å². The molecule has 0 saturated carbocycles. The zero-order chi connectivity index (χ0) is 17.5. The molecule has 0 saturated heterocycles. The molecule has 0 fully saturated rings. The van der Waals surface area contributed by atoms with E-state index in [-0.39, 0.29) is 5.76 Å². The Balaban J connectivity index is 0. The van der Waals surface area contributed by atoms with E-state index in [1.54, 1.807) is 24.3 Å². The van der Waals surface area contributed by atoms with Crippen molar-refractivity contribution in [3.63, 3.8) is 0 Å². The number of allylic oxidation sites excluding steroid dienone is 6. The third kappa shape index (κ3) is 6.88. The summed E-state index contributed by atoms with van der Waals surface area (Å²) >= 11 is 0. The summed E-state index contributed by atoms with van der Waals surface area (Å²) in [6.07, 6.45) is 10.1. The summed E-state index contributed by atoms with van der Waals surface area (Å²) in [4.78, 5) is 1.38. The first kappa shape index (κ1) is 21.9. The van der Waals surface area contributed by atoms with E-state index < -0.39 is 0 Å². The topological polar surface area (TPSA) is 50.9 Å². The van der Waals surface area contributed by atoms with Gasteiger partial charge in [-0.15, -0.1) is 9.90 Å². The molecule has 1 heterocycles. The van der Waals surface area contributed by atoms with Crippen LogP contribution in [0.2, 0.25) is 0 Å². The molecular formula is C18H29N3O. The second-order valence-electron chi connectivity index (χ2n) is 3.53. The molecule has 0 spiro atoms. The quantitative estimate of drug-likeness (QED) is 0.591. The highest BCUT2D eigenvalue weighted by Gasteiger charge is 2.09. The maximum absolute atomic E-state index is 9.75. The largest absolute Gasteiger partial charge is 0.506 e. The fourth-order valence-electron chi connectivity index (χ4n) is 1.33. The number of rotatable bonds is 5. The number of aromatic nitrogens is 3. The predicted molar refractivity (Wildman–Crippen MR) is 97.5 cm³/mol. The van der Waals surface area contributed by atoms with E-state index in [2.05, 4.69) is 23.4 Å². The van der Waals surface area contributed by atoms with E-state index in [1.165, 1.54) is 10.9 Å². The van der Waals surface area contributed by atoms with Gasteiger partial charge < -0.3 is 5.11 Å². The smallest absolute Gasteiger partial charge is 0.142 e. The third-order valence-corrected chi connectivity index (χ3v) is 2.20. The lowest BCUT2D eigenvalue weighted by atomic mass is 10.3. The van der Waals surface area contributed by atoms with E-state index in [0.717, 1.165) is 11.4 Å². The number of aliphatic hydroxyl groups excluding tert-OH is 1. The zero-order valence-corrected chi connectivity index (χ0v) is 14.7. The fraction of sp³-hybridized carbons (Fsp3) is 0.333. The first-order valence-corrected chi connectivity index (χ1v) is 7.55. The van der Waals surface area contributed by atoms with Gasteiger partial charge in [-0.2, -0.15) is 5.10 Å². The van der Waals surface area contributed by atoms with Crippen LogP contribution in [0.4, 0.5) is 0 Å². The monoisotopic (exact) mass is 303 g/mol. The van der Waals surface area contributed by atoms with Crippen LogP contribution in [0.3, 0.4) is 0 Å². The molecule has 0 aliphatic rings. The summed E-state index contributed by atoms with van der Waals surface area (Å²) in [6.45, 7) is 18.8. The van der Waals surface area contributed by atoms with Crippen LogP contribution < -0.4 is 0 Å². The van der Waals surface area contributed by atoms with Crippen LogP contribution >= 0.6 is 0 Å². The Morgan fingerprint density at radius 1 is 1.14 bits per heavy atom. The standard InChI is InChI=1S/C14H17N3O.2C2H6/c1-5-8-10-12-11(4)15-17(16-12)13(9-6-2)14(18)7-3;2*1-2/h5-10,18H,1,3H2,2,4H3;2*1-2H3/b9-6-,10-8-,14-13-;;. The zero-order valence-electron chi connectivity index (χ0n) is 14.7. The van der Waals surface area contributed by atoms with Gasteiger partial charge in [0.25, 0.3) is 0 Å². The second kappa shape index (κ2) is 13.6. The SMILES string of the molecule is C=C/C=C\c1nn(C(/C=C\C)=C(\O)C=C)nc1C.CC.CC. The Morgan fingerprint density at radius 2 is 1.73 bits per heavy atom. The van der Waals surface area contributed by atoms with Gasteiger partial charge in [-0.1, -0.05) is 59.1 Å². The average Bonchev–Trinajstić information content (AvgIpc) is 2.94. The molecule has 0 aliphatic heterocycles. The van der Waals surface area contributed by atoms with Crippen molar-refractivity contribution in [3.8, 4) is 0 Å². The molecule has 4 heteroatoms. The Hall–Kier alpha value is -2.36. The first-order valence-electron chi connectivity index (χ1n) is 7.55. The van der Waals surface area contributed by atoms with Crippen molar-refractivity contribution in [1.82, 2.24) is 15.0 Å². The van der Waals surface area contributed by atoms with Gasteiger partial charge in [-0.05, 0) is 32.1 Å². The van der Waals surface area contributed by atoms with Gasteiger partial charge >= 0.3 is 0 Å². The summed E-state index contributed by atoms with van der Waals surface area (Å²) in [7, 11) is 0. The van der Waals surface area contributed by atoms with E-state index >= 15 is 0 Å². The predicted octanol–water partition coefficient (Wildman–Crippen LogP) is 5.33. The first-order chi connectivity index (χ1) is 10.6. The Morgan fingerprint density at radius 3 is 2.18 bits per heavy atom. The normalized spacial score (nSPS) is 11.2. The molecule has 0 bridgehead atoms. The maximum Gasteiger partial charge on any atom is 0.142 e. The van der Waals surface area contributed by atoms with Crippen molar-refractivity contribution in [2.24, 2.45) is 0 Å². The molecule has 22 heavy (non-hydrogen) atoms. The Kier molecular flexibility index (Phi) is 13.6. The van der Waals surface area contributed by atoms with Crippen LogP contribution in [-0.2, 0) is 0 Å². The lowest BCUT2D eigenvalue weighted by molar-refractivity contribution is 0.430. The van der Waals surface area contributed by atoms with Gasteiger partial charge in [0.05, 0.1) is 5.69 Å². The summed E-state index contributed by atoms with van der Waals surface area (Å²) in [5, 5.41) is 18.3. The average molecular weight is 303 g/mol. The molecule has 1 aromatic rings. The number of nitrogens with zero attached hydrogens (tertiary/aromatic N) is 3. The molecule has 0 aliphatic carbocycles. The third-order valence-electron chi connectivity index (χ3n) is 2.20. The molecule has 1 aromatic heterocycles. The molecule has 0 aromatic carbocycles. The maximum atomic E-state index is 9.75. The summed E-state index contributed by atoms with van der Waals surface area (Å²) in [5.74, 6) is 0.0300. The van der Waals surface area contributed by atoms with Crippen LogP contribution in [0.1, 0.15) is 46.0 Å². The van der Waals surface area contributed by atoms with Crippen LogP contribution in [0, 0.1) is 6.92 Å². The number of hydrogen-bond acceptors (Lipinski definition) is 3. The molecule has 0 amide bonds. The summed E-state index contributed by atoms with van der Waals surface area (Å²) in [6, 6.07) is 0. The molecule has 1 N–H and O–H groups in total. The molecule has 122 valence electrons. The van der Waals surface area contributed by atoms with Gasteiger partial charge in [0.2, 0.25) is 0 Å². The van der Waals surface area contributed by atoms with Crippen molar-refractivity contribution in [1.29, 1.82) is 0 Å². The van der Waals surface area contributed by atoms with E-state index in [4.69, 9.17) is 0 Å². The molecule has 4 nitrogen and oxygen atoms in total. The van der Waals surface area contributed by atoms with Crippen LogP contribution in [0.25, 0.3) is 11.8 Å². The van der Waals surface area contributed by atoms with Crippen LogP contribution in [-0.4, -0.2) is 20.1 Å². The lowest BCUT2D eigenvalue weighted by Crippen LogP contribution is -2.02. The number of aryl methyl sites for hydroxylation is 1. The minimum absolute atomic E-state index is 0.0300. The summed E-state index contributed by atoms with van der Waals surface area (Å²) < 4.78 is 0. The Bertz CT molecular complexity index is 535. The van der Waals surface area contributed by atoms with Gasteiger partial charge in [0, 0.05) is 0 Å². The fourth-order valence-corrected chi connectivity index (χ4v) is 1.33. The molecule has 0 unspecified atom stereocenters. The van der Waals surface area contributed by atoms with E-state index in [1.807, 2.05) is 47.6 Å². The molecular weight excluding hydrogens is 274 g/mol. The van der Waals surface area contributed by atoms with Gasteiger partial charge in [-0.25, -0.2) is 0 Å². The number of hydrogen-bond donors (Lipinski definition) is 1. The van der Waals surface area contributed by atoms with Crippen LogP contribution in [0.5, 0.6) is 0 Å². The highest BCUT2D eigenvalue weighted by molar-refractivity contribution is 5.60. The van der Waals surface area contributed by atoms with Crippen molar-refractivity contribution < 1.29 is 5.11 Å². The van der Waals surface area contributed by atoms with Crippen molar-refractivity contribution in [2.45, 2.75) is 41.5 Å². The molecule has 0 radical (unpaired) electrons. The van der Waals surface area contributed by atoms with E-state index in [9.17, 15) is 5.11 Å². The highest BCUT2D eigenvalue weighted by atomic mass is 16.3. The second-order valence-corrected chi connectivity index (χ2v) is 3.53. The van der Waals surface area contributed by atoms with Gasteiger partial charge in [0.1, 0.15) is 17.2 Å². The Labute approximate surface area is 134 Å². The molecule has 0 atom stereocenters. The number of aliphatic hydroxyl groups is 1. The minimum Gasteiger partial charge on any atom is -0.506 e. The van der Waals surface area contributed by atoms with Crippen molar-refractivity contribution in [2.75, 3.05) is 0 Å². The summed E-state index contributed by atoms with van der Waals surface area (Å²) in [5.41, 5.74) is 1.98. The van der Waals surface area contributed by atoms with Crippen LogP contribution in [0.15, 0.2) is 49.3 Å². The van der Waals surface area contributed by atoms with E-state index in [0.29, 0.717) is 5.70 Å². The minimum atomic E-state index is 0.0300. The van der Waals surface area contributed by atoms with Crippen molar-refractivity contribution in [3.05, 3.63) is 60.7 Å². The van der Waals surface area contributed by atoms with Gasteiger partial charge in [-0.3, -0.25) is 0 Å². The van der Waals surface area contributed by atoms with Crippen molar-refractivity contribution >= 4 is 11.8 Å². The highest BCUT2D eigenvalue weighted by Crippen LogP contribution is 2.13. The molecule has 1 rings (SSSR count).